The van der Waals surface area contributed by atoms with Crippen LogP contribution in [0.1, 0.15) is 5.56 Å². The number of ether oxygens (including phenoxy) is 1. The number of phenols is 1. The molecule has 22 heavy (non-hydrogen) atoms. The van der Waals surface area contributed by atoms with Gasteiger partial charge in [0.25, 0.3) is 5.91 Å². The number of carbonyl (C=O) groups excluding carboxylic acids is 1. The third kappa shape index (κ3) is 4.38. The van der Waals surface area contributed by atoms with Crippen LogP contribution in [0.3, 0.4) is 0 Å². The van der Waals surface area contributed by atoms with Gasteiger partial charge in [0, 0.05) is 10.7 Å². The highest BCUT2D eigenvalue weighted by Crippen LogP contribution is 2.35. The Bertz CT molecular complexity index is 699. The minimum atomic E-state index is -0.307. The predicted octanol–water partition coefficient (Wildman–Crippen LogP) is 4.90. The standard InChI is InChI=1S/C15H12Br2ClNO3/c1-8-4-9(18)2-3-13(8)22-7-14(20)19-10-5-11(16)15(21)12(17)6-10/h2-6,21H,7H2,1H3,(H,19,20). The maximum absolute atomic E-state index is 11.9. The number of hydrogen-bond acceptors (Lipinski definition) is 3. The summed E-state index contributed by atoms with van der Waals surface area (Å²) >= 11 is 12.3. The monoisotopic (exact) mass is 447 g/mol. The average molecular weight is 450 g/mol. The first kappa shape index (κ1) is 17.1. The van der Waals surface area contributed by atoms with Crippen LogP contribution in [-0.4, -0.2) is 17.6 Å². The molecule has 0 radical (unpaired) electrons. The molecular weight excluding hydrogens is 437 g/mol. The highest BCUT2D eigenvalue weighted by atomic mass is 79.9. The molecule has 0 atom stereocenters. The predicted molar refractivity (Wildman–Crippen MR) is 93.8 cm³/mol. The average Bonchev–Trinajstić information content (AvgIpc) is 2.43. The third-order valence-corrected chi connectivity index (χ3v) is 4.24. The summed E-state index contributed by atoms with van der Waals surface area (Å²) in [5.41, 5.74) is 1.40. The van der Waals surface area contributed by atoms with Gasteiger partial charge >= 0.3 is 0 Å². The van der Waals surface area contributed by atoms with Crippen molar-refractivity contribution in [1.29, 1.82) is 0 Å². The second-order valence-corrected chi connectivity index (χ2v) is 6.68. The number of nitrogens with one attached hydrogen (secondary N) is 1. The number of benzene rings is 2. The highest BCUT2D eigenvalue weighted by molar-refractivity contribution is 9.11. The SMILES string of the molecule is Cc1cc(Cl)ccc1OCC(=O)Nc1cc(Br)c(O)c(Br)c1. The van der Waals surface area contributed by atoms with Gasteiger partial charge in [-0.25, -0.2) is 0 Å². The van der Waals surface area contributed by atoms with Crippen molar-refractivity contribution in [3.05, 3.63) is 49.9 Å². The van der Waals surface area contributed by atoms with Gasteiger partial charge in [0.1, 0.15) is 11.5 Å². The van der Waals surface area contributed by atoms with Crippen LogP contribution in [0.25, 0.3) is 0 Å². The van der Waals surface area contributed by atoms with Crippen LogP contribution in [0.2, 0.25) is 5.02 Å². The lowest BCUT2D eigenvalue weighted by Crippen LogP contribution is -2.20. The van der Waals surface area contributed by atoms with Crippen molar-refractivity contribution >= 4 is 55.1 Å². The van der Waals surface area contributed by atoms with E-state index in [2.05, 4.69) is 37.2 Å². The van der Waals surface area contributed by atoms with Crippen molar-refractivity contribution in [2.24, 2.45) is 0 Å². The highest BCUT2D eigenvalue weighted by Gasteiger charge is 2.10. The summed E-state index contributed by atoms with van der Waals surface area (Å²) < 4.78 is 6.42. The molecule has 0 bridgehead atoms. The van der Waals surface area contributed by atoms with E-state index in [1.54, 1.807) is 30.3 Å². The van der Waals surface area contributed by atoms with Gasteiger partial charge in [-0.2, -0.15) is 0 Å². The zero-order chi connectivity index (χ0) is 16.3. The van der Waals surface area contributed by atoms with Gasteiger partial charge in [0.15, 0.2) is 6.61 Å². The van der Waals surface area contributed by atoms with Crippen molar-refractivity contribution in [3.63, 3.8) is 0 Å². The molecule has 0 saturated carbocycles. The van der Waals surface area contributed by atoms with E-state index in [9.17, 15) is 9.90 Å². The summed E-state index contributed by atoms with van der Waals surface area (Å²) in [6.45, 7) is 1.73. The molecule has 0 aliphatic rings. The van der Waals surface area contributed by atoms with Crippen LogP contribution in [0.4, 0.5) is 5.69 Å². The van der Waals surface area contributed by atoms with E-state index in [4.69, 9.17) is 16.3 Å². The van der Waals surface area contributed by atoms with E-state index in [-0.39, 0.29) is 18.3 Å². The van der Waals surface area contributed by atoms with Crippen LogP contribution < -0.4 is 10.1 Å². The van der Waals surface area contributed by atoms with Crippen molar-refractivity contribution < 1.29 is 14.6 Å². The first-order valence-electron chi connectivity index (χ1n) is 6.23. The number of anilines is 1. The maximum Gasteiger partial charge on any atom is 0.262 e. The lowest BCUT2D eigenvalue weighted by atomic mass is 10.2. The number of amides is 1. The fraction of sp³-hybridized carbons (Fsp3) is 0.133. The molecule has 2 aromatic rings. The Hall–Kier alpha value is -1.24. The molecular formula is C15H12Br2ClNO3. The molecule has 0 saturated heterocycles. The first-order chi connectivity index (χ1) is 10.4. The molecule has 2 rings (SSSR count). The number of carbonyl (C=O) groups is 1. The Morgan fingerprint density at radius 1 is 1.27 bits per heavy atom. The molecule has 2 N–H and O–H groups in total. The largest absolute Gasteiger partial charge is 0.506 e. The zero-order valence-electron chi connectivity index (χ0n) is 11.5. The summed E-state index contributed by atoms with van der Waals surface area (Å²) in [6.07, 6.45) is 0. The summed E-state index contributed by atoms with van der Waals surface area (Å²) in [4.78, 5) is 11.9. The normalized spacial score (nSPS) is 10.4. The third-order valence-electron chi connectivity index (χ3n) is 2.80. The number of phenolic OH excluding ortho intramolecular Hbond substituents is 1. The van der Waals surface area contributed by atoms with Crippen molar-refractivity contribution in [2.75, 3.05) is 11.9 Å². The van der Waals surface area contributed by atoms with E-state index in [1.807, 2.05) is 6.92 Å². The Morgan fingerprint density at radius 3 is 2.50 bits per heavy atom. The summed E-state index contributed by atoms with van der Waals surface area (Å²) in [7, 11) is 0. The quantitative estimate of drug-likeness (QED) is 0.653. The molecule has 0 aromatic heterocycles. The minimum absolute atomic E-state index is 0.0750. The second-order valence-electron chi connectivity index (χ2n) is 4.54. The van der Waals surface area contributed by atoms with E-state index in [0.29, 0.717) is 25.4 Å². The van der Waals surface area contributed by atoms with Crippen molar-refractivity contribution in [1.82, 2.24) is 0 Å². The van der Waals surface area contributed by atoms with Crippen LogP contribution >= 0.6 is 43.5 Å². The maximum atomic E-state index is 11.9. The van der Waals surface area contributed by atoms with E-state index in [1.165, 1.54) is 0 Å². The summed E-state index contributed by atoms with van der Waals surface area (Å²) in [5, 5.41) is 12.9. The lowest BCUT2D eigenvalue weighted by Gasteiger charge is -2.11. The van der Waals surface area contributed by atoms with Gasteiger partial charge in [-0.05, 0) is 74.7 Å². The van der Waals surface area contributed by atoms with Gasteiger partial charge in [-0.3, -0.25) is 4.79 Å². The summed E-state index contributed by atoms with van der Waals surface area (Å²) in [6, 6.07) is 8.40. The van der Waals surface area contributed by atoms with Gasteiger partial charge in [-0.1, -0.05) is 11.6 Å². The fourth-order valence-corrected chi connectivity index (χ4v) is 3.17. The minimum Gasteiger partial charge on any atom is -0.506 e. The van der Waals surface area contributed by atoms with Gasteiger partial charge in [0.05, 0.1) is 8.95 Å². The number of halogens is 3. The van der Waals surface area contributed by atoms with E-state index < -0.39 is 0 Å². The van der Waals surface area contributed by atoms with Crippen LogP contribution in [0.5, 0.6) is 11.5 Å². The second kappa shape index (κ2) is 7.35. The Kier molecular flexibility index (Phi) is 5.72. The topological polar surface area (TPSA) is 58.6 Å². The van der Waals surface area contributed by atoms with Crippen LogP contribution in [0, 0.1) is 6.92 Å². The number of aryl methyl sites for hydroxylation is 1. The smallest absolute Gasteiger partial charge is 0.262 e. The molecule has 0 aliphatic carbocycles. The molecule has 4 nitrogen and oxygen atoms in total. The van der Waals surface area contributed by atoms with Gasteiger partial charge in [-0.15, -0.1) is 0 Å². The first-order valence-corrected chi connectivity index (χ1v) is 8.20. The number of aromatic hydroxyl groups is 1. The van der Waals surface area contributed by atoms with Crippen LogP contribution in [-0.2, 0) is 4.79 Å². The van der Waals surface area contributed by atoms with Crippen molar-refractivity contribution in [3.8, 4) is 11.5 Å². The molecule has 116 valence electrons. The van der Waals surface area contributed by atoms with Crippen LogP contribution in [0.15, 0.2) is 39.3 Å². The van der Waals surface area contributed by atoms with Gasteiger partial charge < -0.3 is 15.2 Å². The fourth-order valence-electron chi connectivity index (χ4n) is 1.75. The Morgan fingerprint density at radius 2 is 1.91 bits per heavy atom. The molecule has 7 heteroatoms. The van der Waals surface area contributed by atoms with E-state index >= 15 is 0 Å². The molecule has 2 aromatic carbocycles. The Labute approximate surface area is 149 Å². The summed E-state index contributed by atoms with van der Waals surface area (Å²) in [5.74, 6) is 0.373. The number of rotatable bonds is 4. The molecule has 0 unspecified atom stereocenters. The van der Waals surface area contributed by atoms with E-state index in [0.717, 1.165) is 5.56 Å². The number of hydrogen-bond donors (Lipinski definition) is 2. The zero-order valence-corrected chi connectivity index (χ0v) is 15.4. The molecule has 1 amide bonds. The Balaban J connectivity index is 1.99. The van der Waals surface area contributed by atoms with Gasteiger partial charge in [0.2, 0.25) is 0 Å². The lowest BCUT2D eigenvalue weighted by molar-refractivity contribution is -0.118. The molecule has 0 aliphatic heterocycles. The molecule has 0 fully saturated rings. The molecule has 0 spiro atoms. The molecule has 0 heterocycles. The van der Waals surface area contributed by atoms with Crippen molar-refractivity contribution in [2.45, 2.75) is 6.92 Å².